The van der Waals surface area contributed by atoms with Crippen molar-refractivity contribution in [3.63, 3.8) is 0 Å². The number of halogens is 1. The van der Waals surface area contributed by atoms with Crippen LogP contribution in [0.1, 0.15) is 15.9 Å². The van der Waals surface area contributed by atoms with Gasteiger partial charge in [0.2, 0.25) is 0 Å². The molecule has 4 aromatic carbocycles. The van der Waals surface area contributed by atoms with Gasteiger partial charge in [0.25, 0.3) is 11.8 Å². The van der Waals surface area contributed by atoms with Crippen molar-refractivity contribution in [3.8, 4) is 22.8 Å². The van der Waals surface area contributed by atoms with Crippen molar-refractivity contribution in [2.75, 3.05) is 24.4 Å². The summed E-state index contributed by atoms with van der Waals surface area (Å²) in [5.74, 6) is -0.446. The lowest BCUT2D eigenvalue weighted by Gasteiger charge is -2.11. The van der Waals surface area contributed by atoms with Crippen LogP contribution in [0.4, 0.5) is 20.9 Å². The summed E-state index contributed by atoms with van der Waals surface area (Å²) in [6.07, 6.45) is 1.47. The Labute approximate surface area is 251 Å². The molecular formula is C32H26FN5O4S. The lowest BCUT2D eigenvalue weighted by molar-refractivity contribution is -0.118. The number of benzene rings is 4. The number of carbonyl (C=O) groups excluding carboxylic acids is 2. The van der Waals surface area contributed by atoms with Crippen LogP contribution in [0.15, 0.2) is 108 Å². The molecule has 0 fully saturated rings. The monoisotopic (exact) mass is 595 g/mol. The summed E-state index contributed by atoms with van der Waals surface area (Å²) in [6.45, 7) is -0.274. The van der Waals surface area contributed by atoms with Crippen LogP contribution in [0.3, 0.4) is 0 Å². The van der Waals surface area contributed by atoms with E-state index in [1.807, 2.05) is 47.8 Å². The highest BCUT2D eigenvalue weighted by molar-refractivity contribution is 7.14. The number of hydrazone groups is 1. The van der Waals surface area contributed by atoms with Crippen LogP contribution >= 0.6 is 11.3 Å². The fraction of sp³-hybridized carbons (Fsp3) is 0.0625. The molecule has 0 spiro atoms. The second-order valence-electron chi connectivity index (χ2n) is 9.06. The molecule has 0 bridgehead atoms. The van der Waals surface area contributed by atoms with Crippen LogP contribution in [0.2, 0.25) is 0 Å². The highest BCUT2D eigenvalue weighted by Gasteiger charge is 2.10. The van der Waals surface area contributed by atoms with Crippen molar-refractivity contribution in [2.45, 2.75) is 0 Å². The molecule has 3 N–H and O–H groups in total. The van der Waals surface area contributed by atoms with Gasteiger partial charge in [0.05, 0.1) is 19.0 Å². The number of para-hydroxylation sites is 1. The van der Waals surface area contributed by atoms with Gasteiger partial charge in [0.1, 0.15) is 5.82 Å². The zero-order chi connectivity index (χ0) is 30.0. The topological polar surface area (TPSA) is 114 Å². The third-order valence-corrected chi connectivity index (χ3v) is 6.78. The minimum atomic E-state index is -0.411. The molecule has 0 aliphatic rings. The molecule has 9 nitrogen and oxygen atoms in total. The number of methoxy groups -OCH3 is 1. The number of nitrogens with zero attached hydrogens (tertiary/aromatic N) is 2. The van der Waals surface area contributed by atoms with Gasteiger partial charge in [-0.3, -0.25) is 9.59 Å². The first-order valence-corrected chi connectivity index (χ1v) is 13.9. The Kier molecular flexibility index (Phi) is 9.35. The molecule has 0 aliphatic heterocycles. The van der Waals surface area contributed by atoms with Gasteiger partial charge in [0.15, 0.2) is 23.2 Å². The lowest BCUT2D eigenvalue weighted by atomic mass is 10.1. The zero-order valence-corrected chi connectivity index (χ0v) is 23.7. The van der Waals surface area contributed by atoms with Crippen LogP contribution in [-0.2, 0) is 4.79 Å². The average Bonchev–Trinajstić information content (AvgIpc) is 3.50. The van der Waals surface area contributed by atoms with Crippen molar-refractivity contribution in [2.24, 2.45) is 5.10 Å². The number of ether oxygens (including phenoxy) is 2. The SMILES string of the molecule is COc1cc(/C=N/NC(=O)c2ccc(-c3csc(Nc4ccccc4)n3)cc2)ccc1OCC(=O)Nc1ccc(F)cc1. The van der Waals surface area contributed by atoms with E-state index in [1.54, 1.807) is 30.3 Å². The highest BCUT2D eigenvalue weighted by atomic mass is 32.1. The van der Waals surface area contributed by atoms with E-state index in [1.165, 1.54) is 48.9 Å². The maximum atomic E-state index is 13.0. The Hall–Kier alpha value is -5.55. The molecule has 0 unspecified atom stereocenters. The molecule has 0 atom stereocenters. The number of nitrogens with one attached hydrogen (secondary N) is 3. The largest absolute Gasteiger partial charge is 0.493 e. The molecule has 0 saturated carbocycles. The Bertz CT molecular complexity index is 1730. The Morgan fingerprint density at radius 1 is 0.930 bits per heavy atom. The second-order valence-corrected chi connectivity index (χ2v) is 9.92. The van der Waals surface area contributed by atoms with E-state index in [0.717, 1.165) is 22.1 Å². The smallest absolute Gasteiger partial charge is 0.271 e. The second kappa shape index (κ2) is 13.9. The molecule has 1 heterocycles. The van der Waals surface area contributed by atoms with Crippen LogP contribution < -0.4 is 25.5 Å². The number of rotatable bonds is 11. The van der Waals surface area contributed by atoms with Crippen molar-refractivity contribution in [3.05, 3.63) is 119 Å². The van der Waals surface area contributed by atoms with Gasteiger partial charge in [-0.05, 0) is 72.3 Å². The molecular weight excluding hydrogens is 569 g/mol. The molecule has 0 saturated heterocycles. The molecule has 216 valence electrons. The molecule has 5 aromatic rings. The molecule has 43 heavy (non-hydrogen) atoms. The summed E-state index contributed by atoms with van der Waals surface area (Å²) in [5, 5.41) is 12.7. The zero-order valence-electron chi connectivity index (χ0n) is 22.9. The van der Waals surface area contributed by atoms with Gasteiger partial charge in [-0.25, -0.2) is 14.8 Å². The van der Waals surface area contributed by atoms with E-state index in [9.17, 15) is 14.0 Å². The number of anilines is 3. The Morgan fingerprint density at radius 3 is 2.44 bits per heavy atom. The standard InChI is InChI=1S/C32H26FN5O4S/c1-41-29-17-21(7-16-28(29)42-19-30(39)35-26-14-12-24(33)13-15-26)18-34-38-31(40)23-10-8-22(9-11-23)27-20-43-32(37-27)36-25-5-3-2-4-6-25/h2-18,20H,19H2,1H3,(H,35,39)(H,36,37)(H,38,40)/b34-18+. The fourth-order valence-corrected chi connectivity index (χ4v) is 4.63. The average molecular weight is 596 g/mol. The quantitative estimate of drug-likeness (QED) is 0.119. The van der Waals surface area contributed by atoms with E-state index < -0.39 is 11.7 Å². The van der Waals surface area contributed by atoms with Crippen LogP contribution in [-0.4, -0.2) is 36.7 Å². The maximum absolute atomic E-state index is 13.0. The van der Waals surface area contributed by atoms with Gasteiger partial charge in [-0.1, -0.05) is 30.3 Å². The number of carbonyl (C=O) groups is 2. The van der Waals surface area contributed by atoms with Crippen molar-refractivity contribution < 1.29 is 23.5 Å². The lowest BCUT2D eigenvalue weighted by Crippen LogP contribution is -2.20. The molecule has 0 aliphatic carbocycles. The van der Waals surface area contributed by atoms with Crippen molar-refractivity contribution in [1.82, 2.24) is 10.4 Å². The number of hydrogen-bond donors (Lipinski definition) is 3. The van der Waals surface area contributed by atoms with Gasteiger partial charge in [-0.15, -0.1) is 11.3 Å². The van der Waals surface area contributed by atoms with E-state index >= 15 is 0 Å². The van der Waals surface area contributed by atoms with Crippen molar-refractivity contribution in [1.29, 1.82) is 0 Å². The Balaban J connectivity index is 1.13. The molecule has 2 amide bonds. The summed E-state index contributed by atoms with van der Waals surface area (Å²) in [6, 6.07) is 27.3. The number of hydrogen-bond acceptors (Lipinski definition) is 8. The van der Waals surface area contributed by atoms with Crippen LogP contribution in [0.5, 0.6) is 11.5 Å². The number of amides is 2. The number of aromatic nitrogens is 1. The maximum Gasteiger partial charge on any atom is 0.271 e. The van der Waals surface area contributed by atoms with Gasteiger partial charge < -0.3 is 20.1 Å². The van der Waals surface area contributed by atoms with Crippen molar-refractivity contribution >= 4 is 45.9 Å². The normalized spacial score (nSPS) is 10.7. The minimum Gasteiger partial charge on any atom is -0.493 e. The van der Waals surface area contributed by atoms with Crippen LogP contribution in [0.25, 0.3) is 11.3 Å². The highest BCUT2D eigenvalue weighted by Crippen LogP contribution is 2.28. The summed E-state index contributed by atoms with van der Waals surface area (Å²) in [4.78, 5) is 29.4. The van der Waals surface area contributed by atoms with Crippen LogP contribution in [0, 0.1) is 5.82 Å². The first kappa shape index (κ1) is 29.0. The first-order valence-electron chi connectivity index (χ1n) is 13.0. The first-order chi connectivity index (χ1) is 21.0. The summed E-state index contributed by atoms with van der Waals surface area (Å²) >= 11 is 1.50. The number of thiazole rings is 1. The molecule has 1 aromatic heterocycles. The third-order valence-electron chi connectivity index (χ3n) is 6.03. The molecule has 5 rings (SSSR count). The van der Waals surface area contributed by atoms with E-state index in [-0.39, 0.29) is 12.5 Å². The van der Waals surface area contributed by atoms with E-state index in [4.69, 9.17) is 9.47 Å². The fourth-order valence-electron chi connectivity index (χ4n) is 3.89. The van der Waals surface area contributed by atoms with E-state index in [0.29, 0.717) is 28.3 Å². The van der Waals surface area contributed by atoms with E-state index in [2.05, 4.69) is 26.1 Å². The van der Waals surface area contributed by atoms with Gasteiger partial charge in [0, 0.05) is 27.9 Å². The van der Waals surface area contributed by atoms with Gasteiger partial charge >= 0.3 is 0 Å². The predicted molar refractivity (Wildman–Crippen MR) is 166 cm³/mol. The van der Waals surface area contributed by atoms with Gasteiger partial charge in [-0.2, -0.15) is 5.10 Å². The predicted octanol–water partition coefficient (Wildman–Crippen LogP) is 6.48. The summed E-state index contributed by atoms with van der Waals surface area (Å²) in [5.41, 5.74) is 6.71. The summed E-state index contributed by atoms with van der Waals surface area (Å²) < 4.78 is 24.0. The molecule has 0 radical (unpaired) electrons. The summed E-state index contributed by atoms with van der Waals surface area (Å²) in [7, 11) is 1.47. The minimum absolute atomic E-state index is 0.274. The Morgan fingerprint density at radius 2 is 1.70 bits per heavy atom. The molecule has 11 heteroatoms. The third kappa shape index (κ3) is 8.02.